The molecule has 0 heterocycles. The lowest BCUT2D eigenvalue weighted by molar-refractivity contribution is 0.202. The van der Waals surface area contributed by atoms with Crippen molar-refractivity contribution >= 4 is 11.6 Å². The Labute approximate surface area is 130 Å². The van der Waals surface area contributed by atoms with Gasteiger partial charge in [-0.3, -0.25) is 0 Å². The molecule has 0 saturated heterocycles. The summed E-state index contributed by atoms with van der Waals surface area (Å²) in [6.45, 7) is 1.29. The van der Waals surface area contributed by atoms with Crippen molar-refractivity contribution in [2.75, 3.05) is 20.3 Å². The van der Waals surface area contributed by atoms with Crippen LogP contribution in [-0.4, -0.2) is 20.3 Å². The van der Waals surface area contributed by atoms with E-state index in [1.54, 1.807) is 7.11 Å². The summed E-state index contributed by atoms with van der Waals surface area (Å²) in [6.07, 6.45) is 1.66. The molecule has 0 aliphatic heterocycles. The molecule has 0 aromatic heterocycles. The van der Waals surface area contributed by atoms with E-state index in [1.807, 2.05) is 42.5 Å². The Bertz CT molecular complexity index is 570. The first kappa shape index (κ1) is 15.8. The monoisotopic (exact) mass is 305 g/mol. The lowest BCUT2D eigenvalue weighted by Gasteiger charge is -2.11. The van der Waals surface area contributed by atoms with Gasteiger partial charge in [0.2, 0.25) is 0 Å². The minimum Gasteiger partial charge on any atom is -0.457 e. The van der Waals surface area contributed by atoms with Crippen LogP contribution in [0, 0.1) is 0 Å². The molecule has 2 rings (SSSR count). The van der Waals surface area contributed by atoms with Gasteiger partial charge in [0.25, 0.3) is 0 Å². The number of ether oxygens (including phenoxy) is 2. The van der Waals surface area contributed by atoms with Crippen molar-refractivity contribution in [3.63, 3.8) is 0 Å². The second kappa shape index (κ2) is 8.03. The van der Waals surface area contributed by atoms with Crippen molar-refractivity contribution in [1.29, 1.82) is 0 Å². The van der Waals surface area contributed by atoms with Crippen molar-refractivity contribution in [1.82, 2.24) is 0 Å². The lowest BCUT2D eigenvalue weighted by Crippen LogP contribution is -2.04. The van der Waals surface area contributed by atoms with Crippen LogP contribution in [-0.2, 0) is 17.6 Å². The van der Waals surface area contributed by atoms with Crippen molar-refractivity contribution in [2.45, 2.75) is 12.8 Å². The van der Waals surface area contributed by atoms with Crippen LogP contribution in [0.4, 0.5) is 0 Å². The second-order valence-corrected chi connectivity index (χ2v) is 5.22. The summed E-state index contributed by atoms with van der Waals surface area (Å²) in [6, 6.07) is 13.6. The van der Waals surface area contributed by atoms with Crippen molar-refractivity contribution in [3.8, 4) is 11.5 Å². The van der Waals surface area contributed by atoms with E-state index < -0.39 is 0 Å². The van der Waals surface area contributed by atoms with Gasteiger partial charge in [0.15, 0.2) is 0 Å². The molecular weight excluding hydrogens is 286 g/mol. The van der Waals surface area contributed by atoms with Crippen LogP contribution in [0.1, 0.15) is 11.1 Å². The molecule has 112 valence electrons. The van der Waals surface area contributed by atoms with Gasteiger partial charge in [0, 0.05) is 12.1 Å². The third-order valence-electron chi connectivity index (χ3n) is 3.19. The highest BCUT2D eigenvalue weighted by atomic mass is 35.5. The predicted octanol–water partition coefficient (Wildman–Crippen LogP) is 3.82. The topological polar surface area (TPSA) is 44.5 Å². The average molecular weight is 306 g/mol. The molecule has 0 fully saturated rings. The van der Waals surface area contributed by atoms with Gasteiger partial charge in [-0.2, -0.15) is 0 Å². The van der Waals surface area contributed by atoms with Crippen molar-refractivity contribution < 1.29 is 9.47 Å². The summed E-state index contributed by atoms with van der Waals surface area (Å²) in [5, 5.41) is 0.655. The fourth-order valence-electron chi connectivity index (χ4n) is 2.06. The van der Waals surface area contributed by atoms with E-state index in [-0.39, 0.29) is 0 Å². The van der Waals surface area contributed by atoms with Gasteiger partial charge in [-0.25, -0.2) is 0 Å². The standard InChI is InChI=1S/C17H20ClNO2/c1-20-11-9-13-2-6-16(7-3-13)21-17-12-15(18)5-4-14(17)8-10-19/h2-7,12H,8-11,19H2,1H3. The molecule has 0 atom stereocenters. The lowest BCUT2D eigenvalue weighted by atomic mass is 10.1. The van der Waals surface area contributed by atoms with Crippen LogP contribution >= 0.6 is 11.6 Å². The molecule has 0 spiro atoms. The molecule has 3 nitrogen and oxygen atoms in total. The molecule has 2 aromatic rings. The molecule has 0 unspecified atom stereocenters. The highest BCUT2D eigenvalue weighted by Crippen LogP contribution is 2.29. The van der Waals surface area contributed by atoms with Crippen LogP contribution in [0.25, 0.3) is 0 Å². The predicted molar refractivity (Wildman–Crippen MR) is 86.3 cm³/mol. The van der Waals surface area contributed by atoms with Crippen LogP contribution in [0.15, 0.2) is 42.5 Å². The van der Waals surface area contributed by atoms with E-state index in [9.17, 15) is 0 Å². The highest BCUT2D eigenvalue weighted by Gasteiger charge is 2.06. The number of methoxy groups -OCH3 is 1. The van der Waals surface area contributed by atoms with Crippen LogP contribution in [0.5, 0.6) is 11.5 Å². The number of rotatable bonds is 7. The Kier molecular flexibility index (Phi) is 6.05. The minimum absolute atomic E-state index is 0.577. The summed E-state index contributed by atoms with van der Waals surface area (Å²) in [5.74, 6) is 1.55. The summed E-state index contributed by atoms with van der Waals surface area (Å²) >= 11 is 6.04. The van der Waals surface area contributed by atoms with E-state index in [4.69, 9.17) is 26.8 Å². The molecule has 2 aromatic carbocycles. The molecule has 0 bridgehead atoms. The number of nitrogens with two attached hydrogens (primary N) is 1. The van der Waals surface area contributed by atoms with Gasteiger partial charge in [0.05, 0.1) is 6.61 Å². The average Bonchev–Trinajstić information content (AvgIpc) is 2.49. The first-order chi connectivity index (χ1) is 10.2. The van der Waals surface area contributed by atoms with Gasteiger partial charge in [-0.05, 0) is 54.8 Å². The zero-order valence-corrected chi connectivity index (χ0v) is 12.9. The highest BCUT2D eigenvalue weighted by molar-refractivity contribution is 6.30. The quantitative estimate of drug-likeness (QED) is 0.845. The molecular formula is C17H20ClNO2. The molecule has 0 saturated carbocycles. The van der Waals surface area contributed by atoms with Gasteiger partial charge < -0.3 is 15.2 Å². The summed E-state index contributed by atoms with van der Waals surface area (Å²) in [4.78, 5) is 0. The largest absolute Gasteiger partial charge is 0.457 e. The maximum absolute atomic E-state index is 6.04. The smallest absolute Gasteiger partial charge is 0.132 e. The van der Waals surface area contributed by atoms with E-state index in [0.717, 1.165) is 36.5 Å². The molecule has 4 heteroatoms. The number of benzene rings is 2. The van der Waals surface area contributed by atoms with Gasteiger partial charge in [0.1, 0.15) is 11.5 Å². The Balaban J connectivity index is 2.12. The van der Waals surface area contributed by atoms with Crippen LogP contribution in [0.3, 0.4) is 0 Å². The third kappa shape index (κ3) is 4.74. The van der Waals surface area contributed by atoms with E-state index in [0.29, 0.717) is 11.6 Å². The van der Waals surface area contributed by atoms with Crippen molar-refractivity contribution in [2.24, 2.45) is 5.73 Å². The zero-order chi connectivity index (χ0) is 15.1. The summed E-state index contributed by atoms with van der Waals surface area (Å²) < 4.78 is 11.0. The normalized spacial score (nSPS) is 10.6. The summed E-state index contributed by atoms with van der Waals surface area (Å²) in [7, 11) is 1.70. The Morgan fingerprint density at radius 3 is 2.48 bits per heavy atom. The Hall–Kier alpha value is -1.55. The van der Waals surface area contributed by atoms with E-state index in [2.05, 4.69) is 0 Å². The van der Waals surface area contributed by atoms with Crippen LogP contribution in [0.2, 0.25) is 5.02 Å². The zero-order valence-electron chi connectivity index (χ0n) is 12.1. The van der Waals surface area contributed by atoms with E-state index in [1.165, 1.54) is 5.56 Å². The molecule has 0 amide bonds. The molecule has 2 N–H and O–H groups in total. The maximum Gasteiger partial charge on any atom is 0.132 e. The Morgan fingerprint density at radius 1 is 1.05 bits per heavy atom. The van der Waals surface area contributed by atoms with Gasteiger partial charge >= 0.3 is 0 Å². The van der Waals surface area contributed by atoms with Crippen LogP contribution < -0.4 is 10.5 Å². The molecule has 21 heavy (non-hydrogen) atoms. The number of halogens is 1. The number of hydrogen-bond donors (Lipinski definition) is 1. The first-order valence-electron chi connectivity index (χ1n) is 6.97. The molecule has 0 radical (unpaired) electrons. The second-order valence-electron chi connectivity index (χ2n) is 4.78. The van der Waals surface area contributed by atoms with Gasteiger partial charge in [-0.1, -0.05) is 29.8 Å². The minimum atomic E-state index is 0.577. The van der Waals surface area contributed by atoms with Crippen molar-refractivity contribution in [3.05, 3.63) is 58.6 Å². The maximum atomic E-state index is 6.04. The van der Waals surface area contributed by atoms with E-state index >= 15 is 0 Å². The SMILES string of the molecule is COCCc1ccc(Oc2cc(Cl)ccc2CCN)cc1. The number of hydrogen-bond acceptors (Lipinski definition) is 3. The molecule has 0 aliphatic rings. The molecule has 0 aliphatic carbocycles. The third-order valence-corrected chi connectivity index (χ3v) is 3.42. The van der Waals surface area contributed by atoms with Gasteiger partial charge in [-0.15, -0.1) is 0 Å². The Morgan fingerprint density at radius 2 is 1.81 bits per heavy atom. The first-order valence-corrected chi connectivity index (χ1v) is 7.35. The summed E-state index contributed by atoms with van der Waals surface area (Å²) in [5.41, 5.74) is 7.91. The fourth-order valence-corrected chi connectivity index (χ4v) is 2.22. The fraction of sp³-hybridized carbons (Fsp3) is 0.294.